The molecule has 0 unspecified atom stereocenters. The average molecular weight is 420 g/mol. The van der Waals surface area contributed by atoms with Crippen molar-refractivity contribution < 1.29 is 23.8 Å². The molecule has 0 radical (unpaired) electrons. The molecule has 6 nitrogen and oxygen atoms in total. The summed E-state index contributed by atoms with van der Waals surface area (Å²) in [6.45, 7) is 1.80. The lowest BCUT2D eigenvalue weighted by molar-refractivity contribution is -0.137. The molecule has 0 amide bonds. The second-order valence-electron chi connectivity index (χ2n) is 5.31. The molecule has 0 aliphatic carbocycles. The number of ether oxygens (including phenoxy) is 3. The van der Waals surface area contributed by atoms with Gasteiger partial charge in [-0.3, -0.25) is 0 Å². The fraction of sp³-hybridized carbons (Fsp3) is 0.150. The number of methoxy groups -OCH3 is 1. The van der Waals surface area contributed by atoms with Gasteiger partial charge in [0.2, 0.25) is 0 Å². The zero-order valence-corrected chi connectivity index (χ0v) is 16.5. The van der Waals surface area contributed by atoms with E-state index in [1.807, 2.05) is 0 Å². The number of rotatable bonds is 6. The Bertz CT molecular complexity index is 979. The van der Waals surface area contributed by atoms with Gasteiger partial charge in [-0.25, -0.2) is 9.59 Å². The van der Waals surface area contributed by atoms with Crippen molar-refractivity contribution in [1.82, 2.24) is 0 Å². The predicted octanol–water partition coefficient (Wildman–Crippen LogP) is 4.69. The minimum absolute atomic E-state index is 0.144. The summed E-state index contributed by atoms with van der Waals surface area (Å²) in [6, 6.07) is 10.8. The highest BCUT2D eigenvalue weighted by molar-refractivity contribution is 6.36. The van der Waals surface area contributed by atoms with Crippen LogP contribution in [0.5, 0.6) is 11.5 Å². The Labute approximate surface area is 171 Å². The van der Waals surface area contributed by atoms with Gasteiger partial charge in [-0.15, -0.1) is 0 Å². The second kappa shape index (κ2) is 9.79. The molecular weight excluding hydrogens is 405 g/mol. The van der Waals surface area contributed by atoms with E-state index in [1.54, 1.807) is 19.1 Å². The minimum Gasteiger partial charge on any atom is -0.493 e. The number of hydrogen-bond acceptors (Lipinski definition) is 6. The molecule has 2 rings (SSSR count). The standard InChI is InChI=1S/C20H15Cl2NO5/c1-3-27-19(24)13(11-23)8-12-4-7-17(18(9-12)26-2)28-20(25)15-6-5-14(21)10-16(15)22/h4-10H,3H2,1-2H3/b13-8+. The van der Waals surface area contributed by atoms with Crippen molar-refractivity contribution >= 4 is 41.2 Å². The molecule has 0 atom stereocenters. The number of nitriles is 1. The van der Waals surface area contributed by atoms with Crippen molar-refractivity contribution in [3.05, 3.63) is 63.1 Å². The molecule has 0 saturated heterocycles. The third kappa shape index (κ3) is 5.26. The Hall–Kier alpha value is -3.01. The van der Waals surface area contributed by atoms with Gasteiger partial charge >= 0.3 is 11.9 Å². The number of carbonyl (C=O) groups excluding carboxylic acids is 2. The molecule has 2 aromatic carbocycles. The highest BCUT2D eigenvalue weighted by Gasteiger charge is 2.17. The maximum atomic E-state index is 12.4. The van der Waals surface area contributed by atoms with E-state index in [0.29, 0.717) is 10.6 Å². The summed E-state index contributed by atoms with van der Waals surface area (Å²) in [5.41, 5.74) is 0.471. The van der Waals surface area contributed by atoms with Gasteiger partial charge in [0.15, 0.2) is 11.5 Å². The molecule has 0 aliphatic heterocycles. The van der Waals surface area contributed by atoms with Gasteiger partial charge in [0, 0.05) is 5.02 Å². The van der Waals surface area contributed by atoms with Crippen LogP contribution >= 0.6 is 23.2 Å². The quantitative estimate of drug-likeness (QED) is 0.292. The zero-order valence-electron chi connectivity index (χ0n) is 15.0. The Morgan fingerprint density at radius 3 is 2.50 bits per heavy atom. The lowest BCUT2D eigenvalue weighted by atomic mass is 10.1. The lowest BCUT2D eigenvalue weighted by Gasteiger charge is -2.11. The molecule has 0 aliphatic rings. The van der Waals surface area contributed by atoms with E-state index in [0.717, 1.165) is 0 Å². The Morgan fingerprint density at radius 2 is 1.89 bits per heavy atom. The summed E-state index contributed by atoms with van der Waals surface area (Å²) < 4.78 is 15.4. The Kier molecular flexibility index (Phi) is 7.44. The van der Waals surface area contributed by atoms with Crippen LogP contribution in [0.1, 0.15) is 22.8 Å². The van der Waals surface area contributed by atoms with Crippen LogP contribution in [0.3, 0.4) is 0 Å². The maximum absolute atomic E-state index is 12.4. The molecule has 0 heterocycles. The molecule has 0 aromatic heterocycles. The number of carbonyl (C=O) groups is 2. The van der Waals surface area contributed by atoms with Crippen molar-refractivity contribution in [2.75, 3.05) is 13.7 Å². The Balaban J connectivity index is 2.29. The first kappa shape index (κ1) is 21.3. The summed E-state index contributed by atoms with van der Waals surface area (Å²) in [5, 5.41) is 9.66. The van der Waals surface area contributed by atoms with Gasteiger partial charge in [-0.1, -0.05) is 29.3 Å². The number of halogens is 2. The van der Waals surface area contributed by atoms with Crippen molar-refractivity contribution in [3.8, 4) is 17.6 Å². The molecule has 0 bridgehead atoms. The summed E-state index contributed by atoms with van der Waals surface area (Å²) in [7, 11) is 1.39. The van der Waals surface area contributed by atoms with Gasteiger partial charge in [-0.05, 0) is 48.9 Å². The van der Waals surface area contributed by atoms with Crippen LogP contribution in [0.4, 0.5) is 0 Å². The van der Waals surface area contributed by atoms with E-state index >= 15 is 0 Å². The van der Waals surface area contributed by atoms with Gasteiger partial charge in [0.25, 0.3) is 0 Å². The highest BCUT2D eigenvalue weighted by atomic mass is 35.5. The predicted molar refractivity (Wildman–Crippen MR) is 105 cm³/mol. The fourth-order valence-electron chi connectivity index (χ4n) is 2.18. The van der Waals surface area contributed by atoms with E-state index in [1.165, 1.54) is 43.5 Å². The van der Waals surface area contributed by atoms with Gasteiger partial charge < -0.3 is 14.2 Å². The number of nitrogens with zero attached hydrogens (tertiary/aromatic N) is 1. The first-order chi connectivity index (χ1) is 13.4. The SMILES string of the molecule is CCOC(=O)/C(C#N)=C/c1ccc(OC(=O)c2ccc(Cl)cc2Cl)c(OC)c1. The minimum atomic E-state index is -0.725. The van der Waals surface area contributed by atoms with Crippen molar-refractivity contribution in [2.45, 2.75) is 6.92 Å². The van der Waals surface area contributed by atoms with Crippen LogP contribution in [0.15, 0.2) is 42.0 Å². The third-order valence-electron chi connectivity index (χ3n) is 3.47. The summed E-state index contributed by atoms with van der Waals surface area (Å²) in [6.07, 6.45) is 1.35. The van der Waals surface area contributed by atoms with E-state index in [2.05, 4.69) is 0 Å². The molecule has 28 heavy (non-hydrogen) atoms. The molecule has 0 N–H and O–H groups in total. The Morgan fingerprint density at radius 1 is 1.14 bits per heavy atom. The smallest absolute Gasteiger partial charge is 0.348 e. The zero-order chi connectivity index (χ0) is 20.7. The molecule has 0 fully saturated rings. The van der Waals surface area contributed by atoms with Gasteiger partial charge in [0.05, 0.1) is 24.3 Å². The van der Waals surface area contributed by atoms with Crippen LogP contribution in [-0.2, 0) is 9.53 Å². The van der Waals surface area contributed by atoms with Crippen LogP contribution in [0.25, 0.3) is 6.08 Å². The lowest BCUT2D eigenvalue weighted by Crippen LogP contribution is -2.10. The van der Waals surface area contributed by atoms with Crippen molar-refractivity contribution in [1.29, 1.82) is 5.26 Å². The van der Waals surface area contributed by atoms with Gasteiger partial charge in [0.1, 0.15) is 11.6 Å². The van der Waals surface area contributed by atoms with Crippen molar-refractivity contribution in [2.24, 2.45) is 0 Å². The topological polar surface area (TPSA) is 85.6 Å². The largest absolute Gasteiger partial charge is 0.493 e. The summed E-state index contributed by atoms with van der Waals surface area (Å²) in [4.78, 5) is 24.1. The highest BCUT2D eigenvalue weighted by Crippen LogP contribution is 2.31. The number of benzene rings is 2. The maximum Gasteiger partial charge on any atom is 0.348 e. The molecule has 144 valence electrons. The summed E-state index contributed by atoms with van der Waals surface area (Å²) in [5.74, 6) is -1.04. The number of hydrogen-bond donors (Lipinski definition) is 0. The monoisotopic (exact) mass is 419 g/mol. The summed E-state index contributed by atoms with van der Waals surface area (Å²) >= 11 is 11.8. The average Bonchev–Trinajstić information content (AvgIpc) is 2.66. The molecular formula is C20H15Cl2NO5. The van der Waals surface area contributed by atoms with Crippen LogP contribution in [0, 0.1) is 11.3 Å². The first-order valence-electron chi connectivity index (χ1n) is 8.03. The van der Waals surface area contributed by atoms with E-state index in [-0.39, 0.29) is 34.3 Å². The molecule has 0 saturated carbocycles. The first-order valence-corrected chi connectivity index (χ1v) is 8.79. The van der Waals surface area contributed by atoms with Gasteiger partial charge in [-0.2, -0.15) is 5.26 Å². The van der Waals surface area contributed by atoms with Crippen LogP contribution in [-0.4, -0.2) is 25.7 Å². The normalized spacial score (nSPS) is 10.8. The second-order valence-corrected chi connectivity index (χ2v) is 6.16. The van der Waals surface area contributed by atoms with Crippen molar-refractivity contribution in [3.63, 3.8) is 0 Å². The van der Waals surface area contributed by atoms with E-state index in [4.69, 9.17) is 42.7 Å². The van der Waals surface area contributed by atoms with Crippen LogP contribution in [0.2, 0.25) is 10.0 Å². The fourth-order valence-corrected chi connectivity index (χ4v) is 2.67. The molecule has 0 spiro atoms. The van der Waals surface area contributed by atoms with Crippen LogP contribution < -0.4 is 9.47 Å². The molecule has 2 aromatic rings. The van der Waals surface area contributed by atoms with E-state index < -0.39 is 11.9 Å². The number of esters is 2. The molecule has 8 heteroatoms. The van der Waals surface area contributed by atoms with E-state index in [9.17, 15) is 9.59 Å². The third-order valence-corrected chi connectivity index (χ3v) is 4.02.